The summed E-state index contributed by atoms with van der Waals surface area (Å²) in [5.41, 5.74) is 9.94. The van der Waals surface area contributed by atoms with Crippen LogP contribution in [0.15, 0.2) is 18.2 Å². The summed E-state index contributed by atoms with van der Waals surface area (Å²) < 4.78 is 0. The number of nitrogens with two attached hydrogens (primary N) is 1. The number of nitrogens with one attached hydrogen (secondary N) is 1. The van der Waals surface area contributed by atoms with E-state index >= 15 is 0 Å². The lowest BCUT2D eigenvalue weighted by molar-refractivity contribution is 0.698. The van der Waals surface area contributed by atoms with Gasteiger partial charge in [0.1, 0.15) is 0 Å². The maximum Gasteiger partial charge on any atom is 0.0373 e. The summed E-state index contributed by atoms with van der Waals surface area (Å²) in [5, 5.41) is 3.34. The number of hydrogen-bond donors (Lipinski definition) is 2. The molecule has 0 bridgehead atoms. The Hall–Kier alpha value is -1.02. The van der Waals surface area contributed by atoms with E-state index in [1.807, 2.05) is 0 Å². The molecule has 1 aromatic carbocycles. The predicted octanol–water partition coefficient (Wildman–Crippen LogP) is 2.06. The van der Waals surface area contributed by atoms with E-state index in [4.69, 9.17) is 5.73 Å². The molecule has 0 spiro atoms. The van der Waals surface area contributed by atoms with Crippen LogP contribution in [0.3, 0.4) is 0 Å². The molecule has 2 rings (SSSR count). The Labute approximate surface area is 79.1 Å². The molecule has 1 aliphatic heterocycles. The van der Waals surface area contributed by atoms with Gasteiger partial charge in [-0.25, -0.2) is 0 Å². The SMILES string of the molecule is CC[C@H](N)c1ccc2c(c1)CCN2. The Bertz CT molecular complexity index is 307. The van der Waals surface area contributed by atoms with Gasteiger partial charge in [-0.15, -0.1) is 0 Å². The molecule has 0 fully saturated rings. The van der Waals surface area contributed by atoms with Crippen LogP contribution in [0.25, 0.3) is 0 Å². The summed E-state index contributed by atoms with van der Waals surface area (Å²) in [4.78, 5) is 0. The molecule has 1 aromatic rings. The maximum absolute atomic E-state index is 5.97. The third-order valence-corrected chi connectivity index (χ3v) is 2.71. The molecule has 0 aromatic heterocycles. The monoisotopic (exact) mass is 176 g/mol. The molecular formula is C11H16N2. The van der Waals surface area contributed by atoms with Crippen LogP contribution in [-0.2, 0) is 6.42 Å². The van der Waals surface area contributed by atoms with E-state index in [-0.39, 0.29) is 6.04 Å². The lowest BCUT2D eigenvalue weighted by Gasteiger charge is -2.10. The minimum atomic E-state index is 0.200. The molecule has 3 N–H and O–H groups in total. The second kappa shape index (κ2) is 3.38. The van der Waals surface area contributed by atoms with Crippen LogP contribution < -0.4 is 11.1 Å². The largest absolute Gasteiger partial charge is 0.384 e. The van der Waals surface area contributed by atoms with Gasteiger partial charge in [0.2, 0.25) is 0 Å². The van der Waals surface area contributed by atoms with Crippen molar-refractivity contribution >= 4 is 5.69 Å². The van der Waals surface area contributed by atoms with E-state index in [0.717, 1.165) is 19.4 Å². The minimum absolute atomic E-state index is 0.200. The fourth-order valence-corrected chi connectivity index (χ4v) is 1.79. The molecule has 0 radical (unpaired) electrons. The van der Waals surface area contributed by atoms with Gasteiger partial charge in [-0.3, -0.25) is 0 Å². The number of hydrogen-bond acceptors (Lipinski definition) is 2. The van der Waals surface area contributed by atoms with Gasteiger partial charge in [0.25, 0.3) is 0 Å². The molecule has 0 saturated heterocycles. The van der Waals surface area contributed by atoms with E-state index in [2.05, 4.69) is 30.4 Å². The molecule has 0 saturated carbocycles. The van der Waals surface area contributed by atoms with Crippen LogP contribution in [0.1, 0.15) is 30.5 Å². The molecule has 0 aliphatic carbocycles. The average Bonchev–Trinajstić information content (AvgIpc) is 2.63. The van der Waals surface area contributed by atoms with Crippen LogP contribution in [0, 0.1) is 0 Å². The molecule has 0 amide bonds. The van der Waals surface area contributed by atoms with Gasteiger partial charge in [-0.1, -0.05) is 19.1 Å². The summed E-state index contributed by atoms with van der Waals surface area (Å²) in [6, 6.07) is 6.72. The van der Waals surface area contributed by atoms with Gasteiger partial charge < -0.3 is 11.1 Å². The fraction of sp³-hybridized carbons (Fsp3) is 0.455. The van der Waals surface area contributed by atoms with Crippen LogP contribution >= 0.6 is 0 Å². The van der Waals surface area contributed by atoms with Crippen molar-refractivity contribution in [3.8, 4) is 0 Å². The summed E-state index contributed by atoms with van der Waals surface area (Å²) in [6.07, 6.45) is 2.14. The number of benzene rings is 1. The number of anilines is 1. The van der Waals surface area contributed by atoms with Gasteiger partial charge >= 0.3 is 0 Å². The van der Waals surface area contributed by atoms with Crippen LogP contribution in [0.5, 0.6) is 0 Å². The highest BCUT2D eigenvalue weighted by atomic mass is 14.9. The Kier molecular flexibility index (Phi) is 2.23. The molecule has 70 valence electrons. The number of fused-ring (bicyclic) bond motifs is 1. The van der Waals surface area contributed by atoms with Crippen molar-refractivity contribution in [3.05, 3.63) is 29.3 Å². The summed E-state index contributed by atoms with van der Waals surface area (Å²) in [6.45, 7) is 3.19. The quantitative estimate of drug-likeness (QED) is 0.724. The van der Waals surface area contributed by atoms with Crippen molar-refractivity contribution in [2.45, 2.75) is 25.8 Å². The molecule has 13 heavy (non-hydrogen) atoms. The molecule has 1 heterocycles. The number of rotatable bonds is 2. The molecule has 2 heteroatoms. The van der Waals surface area contributed by atoms with Crippen LogP contribution in [0.4, 0.5) is 5.69 Å². The third-order valence-electron chi connectivity index (χ3n) is 2.71. The zero-order valence-electron chi connectivity index (χ0n) is 8.01. The van der Waals surface area contributed by atoms with E-state index in [1.54, 1.807) is 0 Å². The second-order valence-electron chi connectivity index (χ2n) is 3.61. The topological polar surface area (TPSA) is 38.0 Å². The van der Waals surface area contributed by atoms with Gasteiger partial charge in [0, 0.05) is 18.3 Å². The van der Waals surface area contributed by atoms with Gasteiger partial charge in [0.05, 0.1) is 0 Å². The molecule has 0 unspecified atom stereocenters. The van der Waals surface area contributed by atoms with Crippen LogP contribution in [-0.4, -0.2) is 6.54 Å². The maximum atomic E-state index is 5.97. The zero-order valence-corrected chi connectivity index (χ0v) is 8.01. The Morgan fingerprint density at radius 3 is 3.15 bits per heavy atom. The van der Waals surface area contributed by atoms with Gasteiger partial charge in [-0.05, 0) is 30.0 Å². The highest BCUT2D eigenvalue weighted by molar-refractivity contribution is 5.56. The first-order chi connectivity index (χ1) is 6.31. The average molecular weight is 176 g/mol. The van der Waals surface area contributed by atoms with E-state index < -0.39 is 0 Å². The van der Waals surface area contributed by atoms with Gasteiger partial charge in [-0.2, -0.15) is 0 Å². The van der Waals surface area contributed by atoms with Crippen molar-refractivity contribution < 1.29 is 0 Å². The summed E-state index contributed by atoms with van der Waals surface area (Å²) in [7, 11) is 0. The van der Waals surface area contributed by atoms with Crippen molar-refractivity contribution in [3.63, 3.8) is 0 Å². The smallest absolute Gasteiger partial charge is 0.0373 e. The highest BCUT2D eigenvalue weighted by Crippen LogP contribution is 2.25. The van der Waals surface area contributed by atoms with Gasteiger partial charge in [0.15, 0.2) is 0 Å². The van der Waals surface area contributed by atoms with Crippen molar-refractivity contribution in [2.24, 2.45) is 5.73 Å². The zero-order chi connectivity index (χ0) is 9.26. The predicted molar refractivity (Wildman–Crippen MR) is 55.9 cm³/mol. The Balaban J connectivity index is 2.30. The standard InChI is InChI=1S/C11H16N2/c1-2-10(12)8-3-4-11-9(7-8)5-6-13-11/h3-4,7,10,13H,2,5-6,12H2,1H3/t10-/m0/s1. The second-order valence-corrected chi connectivity index (χ2v) is 3.61. The molecule has 1 aliphatic rings. The minimum Gasteiger partial charge on any atom is -0.384 e. The first kappa shape index (κ1) is 8.57. The van der Waals surface area contributed by atoms with Crippen LogP contribution in [0.2, 0.25) is 0 Å². The van der Waals surface area contributed by atoms with Crippen molar-refractivity contribution in [1.29, 1.82) is 0 Å². The molecule has 1 atom stereocenters. The Morgan fingerprint density at radius 2 is 2.38 bits per heavy atom. The molecular weight excluding hydrogens is 160 g/mol. The highest BCUT2D eigenvalue weighted by Gasteiger charge is 2.11. The normalized spacial score (nSPS) is 16.5. The first-order valence-electron chi connectivity index (χ1n) is 4.93. The molecule has 2 nitrogen and oxygen atoms in total. The van der Waals surface area contributed by atoms with E-state index in [0.29, 0.717) is 0 Å². The summed E-state index contributed by atoms with van der Waals surface area (Å²) in [5.74, 6) is 0. The summed E-state index contributed by atoms with van der Waals surface area (Å²) >= 11 is 0. The Morgan fingerprint density at radius 1 is 1.54 bits per heavy atom. The fourth-order valence-electron chi connectivity index (χ4n) is 1.79. The lowest BCUT2D eigenvalue weighted by atomic mass is 10.0. The lowest BCUT2D eigenvalue weighted by Crippen LogP contribution is -2.08. The first-order valence-corrected chi connectivity index (χ1v) is 4.93. The van der Waals surface area contributed by atoms with Crippen molar-refractivity contribution in [2.75, 3.05) is 11.9 Å². The van der Waals surface area contributed by atoms with E-state index in [9.17, 15) is 0 Å². The van der Waals surface area contributed by atoms with Crippen molar-refractivity contribution in [1.82, 2.24) is 0 Å². The third kappa shape index (κ3) is 1.54. The van der Waals surface area contributed by atoms with E-state index in [1.165, 1.54) is 16.8 Å².